The fraction of sp³-hybridized carbons (Fsp3) is 0.333. The number of pyridine rings is 1. The Kier molecular flexibility index (Phi) is 3.92. The zero-order valence-corrected chi connectivity index (χ0v) is 11.2. The van der Waals surface area contributed by atoms with Crippen molar-refractivity contribution >= 4 is 5.84 Å². The number of aliphatic imine (C=N–C) groups is 1. The summed E-state index contributed by atoms with van der Waals surface area (Å²) < 4.78 is 0. The first-order valence-electron chi connectivity index (χ1n) is 6.33. The van der Waals surface area contributed by atoms with Gasteiger partial charge >= 0.3 is 0 Å². The van der Waals surface area contributed by atoms with Crippen molar-refractivity contribution in [2.75, 3.05) is 6.54 Å². The summed E-state index contributed by atoms with van der Waals surface area (Å²) in [5.41, 5.74) is 4.76. The van der Waals surface area contributed by atoms with Crippen LogP contribution in [0.1, 0.15) is 26.5 Å². The highest BCUT2D eigenvalue weighted by molar-refractivity contribution is 6.05. The third-order valence-electron chi connectivity index (χ3n) is 2.96. The van der Waals surface area contributed by atoms with E-state index in [4.69, 9.17) is 0 Å². The maximum absolute atomic E-state index is 4.45. The number of hydrogen-bond donors (Lipinski definition) is 1. The summed E-state index contributed by atoms with van der Waals surface area (Å²) in [5, 5.41) is 3.24. The van der Waals surface area contributed by atoms with Gasteiger partial charge in [0.15, 0.2) is 0 Å². The number of nitrogens with one attached hydrogen (secondary N) is 1. The zero-order valence-electron chi connectivity index (χ0n) is 11.2. The zero-order chi connectivity index (χ0) is 13.0. The Balaban J connectivity index is 0.00000180. The summed E-state index contributed by atoms with van der Waals surface area (Å²) in [4.78, 5) is 8.78. The summed E-state index contributed by atoms with van der Waals surface area (Å²) in [6, 6.07) is 4.18. The predicted molar refractivity (Wildman–Crippen MR) is 77.7 cm³/mol. The molecule has 0 atom stereocenters. The molecule has 3 heteroatoms. The first-order chi connectivity index (χ1) is 8.74. The van der Waals surface area contributed by atoms with Crippen LogP contribution in [0.2, 0.25) is 0 Å². The second-order valence-electron chi connectivity index (χ2n) is 4.32. The fourth-order valence-corrected chi connectivity index (χ4v) is 2.04. The molecule has 1 aliphatic rings. The van der Waals surface area contributed by atoms with E-state index in [0.29, 0.717) is 0 Å². The number of allylic oxidation sites excluding steroid dienone is 1. The minimum absolute atomic E-state index is 0. The molecule has 0 aromatic carbocycles. The number of nitrogens with zero attached hydrogens (tertiary/aromatic N) is 2. The van der Waals surface area contributed by atoms with Gasteiger partial charge in [0.2, 0.25) is 0 Å². The van der Waals surface area contributed by atoms with Gasteiger partial charge in [-0.3, -0.25) is 9.98 Å². The van der Waals surface area contributed by atoms with Gasteiger partial charge in [-0.1, -0.05) is 12.1 Å². The third kappa shape index (κ3) is 2.67. The topological polar surface area (TPSA) is 37.3 Å². The lowest BCUT2D eigenvalue weighted by molar-refractivity contribution is 1.10. The lowest BCUT2D eigenvalue weighted by Crippen LogP contribution is -2.13. The Morgan fingerprint density at radius 2 is 2.28 bits per heavy atom. The molecule has 0 aliphatic carbocycles. The van der Waals surface area contributed by atoms with Gasteiger partial charge in [0.1, 0.15) is 5.84 Å². The first-order valence-corrected chi connectivity index (χ1v) is 6.33. The maximum Gasteiger partial charge on any atom is 0.132 e. The standard InChI is InChI=1S/C15H19N3.H2/c1-4-14-13(10-18-15(14)16-5-2)8-12-7-6-11(3)17-9-12;/h4,6-7,9-10H,5,8H2,1-3H3,(H,16,18);1H/b14-4-;. The Labute approximate surface area is 110 Å². The van der Waals surface area contributed by atoms with Crippen molar-refractivity contribution in [2.24, 2.45) is 4.99 Å². The quantitative estimate of drug-likeness (QED) is 0.886. The molecule has 0 fully saturated rings. The molecule has 1 aromatic rings. The normalized spacial score (nSPS) is 19.2. The van der Waals surface area contributed by atoms with E-state index >= 15 is 0 Å². The van der Waals surface area contributed by atoms with E-state index in [1.165, 1.54) is 16.7 Å². The van der Waals surface area contributed by atoms with Gasteiger partial charge in [-0.15, -0.1) is 0 Å². The average Bonchev–Trinajstić information content (AvgIpc) is 2.75. The second-order valence-corrected chi connectivity index (χ2v) is 4.32. The molecule has 1 aromatic heterocycles. The Morgan fingerprint density at radius 1 is 1.44 bits per heavy atom. The molecule has 2 heterocycles. The molecule has 1 N–H and O–H groups in total. The molecule has 0 saturated carbocycles. The smallest absolute Gasteiger partial charge is 0.132 e. The fourth-order valence-electron chi connectivity index (χ4n) is 2.04. The molecule has 1 aliphatic heterocycles. The molecule has 0 amide bonds. The number of hydrogen-bond acceptors (Lipinski definition) is 2. The van der Waals surface area contributed by atoms with Crippen molar-refractivity contribution in [3.05, 3.63) is 53.0 Å². The predicted octanol–water partition coefficient (Wildman–Crippen LogP) is 3.03. The van der Waals surface area contributed by atoms with Crippen LogP contribution >= 0.6 is 0 Å². The van der Waals surface area contributed by atoms with Gasteiger partial charge in [-0.25, -0.2) is 0 Å². The lowest BCUT2D eigenvalue weighted by atomic mass is 10.0. The van der Waals surface area contributed by atoms with E-state index in [2.05, 4.69) is 40.4 Å². The van der Waals surface area contributed by atoms with E-state index < -0.39 is 0 Å². The molecule has 0 radical (unpaired) electrons. The second kappa shape index (κ2) is 5.63. The van der Waals surface area contributed by atoms with Crippen LogP contribution in [0.5, 0.6) is 0 Å². The van der Waals surface area contributed by atoms with Crippen LogP contribution in [-0.4, -0.2) is 17.4 Å². The molecule has 2 rings (SSSR count). The van der Waals surface area contributed by atoms with Crippen LogP contribution in [0.3, 0.4) is 0 Å². The summed E-state index contributed by atoms with van der Waals surface area (Å²) in [7, 11) is 0. The summed E-state index contributed by atoms with van der Waals surface area (Å²) >= 11 is 0. The van der Waals surface area contributed by atoms with Crippen LogP contribution in [-0.2, 0) is 6.42 Å². The highest BCUT2D eigenvalue weighted by Gasteiger charge is 2.17. The van der Waals surface area contributed by atoms with E-state index in [1.807, 2.05) is 26.2 Å². The van der Waals surface area contributed by atoms with Crippen LogP contribution < -0.4 is 5.32 Å². The van der Waals surface area contributed by atoms with Crippen molar-refractivity contribution in [3.63, 3.8) is 0 Å². The Bertz CT molecular complexity index is 513. The summed E-state index contributed by atoms with van der Waals surface area (Å²) in [6.07, 6.45) is 6.99. The summed E-state index contributed by atoms with van der Waals surface area (Å²) in [6.45, 7) is 6.90. The molecule has 0 bridgehead atoms. The highest BCUT2D eigenvalue weighted by Crippen LogP contribution is 2.21. The molecule has 0 unspecified atom stereocenters. The minimum atomic E-state index is 0. The van der Waals surface area contributed by atoms with Gasteiger partial charge in [0.25, 0.3) is 0 Å². The van der Waals surface area contributed by atoms with E-state index in [0.717, 1.165) is 24.5 Å². The van der Waals surface area contributed by atoms with Gasteiger partial charge in [-0.2, -0.15) is 0 Å². The van der Waals surface area contributed by atoms with Crippen LogP contribution in [0, 0.1) is 6.92 Å². The van der Waals surface area contributed by atoms with Crippen molar-refractivity contribution in [2.45, 2.75) is 27.2 Å². The highest BCUT2D eigenvalue weighted by atomic mass is 15.0. The number of aromatic nitrogens is 1. The molecular weight excluding hydrogens is 222 g/mol. The van der Waals surface area contributed by atoms with E-state index in [9.17, 15) is 0 Å². The van der Waals surface area contributed by atoms with Crippen LogP contribution in [0.25, 0.3) is 0 Å². The molecule has 0 spiro atoms. The minimum Gasteiger partial charge on any atom is -0.346 e. The summed E-state index contributed by atoms with van der Waals surface area (Å²) in [5.74, 6) is 0.982. The monoisotopic (exact) mass is 243 g/mol. The van der Waals surface area contributed by atoms with Crippen molar-refractivity contribution in [1.29, 1.82) is 0 Å². The van der Waals surface area contributed by atoms with Crippen LogP contribution in [0.15, 0.2) is 46.7 Å². The number of amidine groups is 1. The van der Waals surface area contributed by atoms with Gasteiger partial charge < -0.3 is 5.32 Å². The Morgan fingerprint density at radius 3 is 2.89 bits per heavy atom. The number of rotatable bonds is 3. The molecule has 0 saturated heterocycles. The molecular formula is C15H21N3. The average molecular weight is 243 g/mol. The largest absolute Gasteiger partial charge is 0.346 e. The van der Waals surface area contributed by atoms with Gasteiger partial charge in [0.05, 0.1) is 0 Å². The molecule has 3 nitrogen and oxygen atoms in total. The third-order valence-corrected chi connectivity index (χ3v) is 2.96. The number of aryl methyl sites for hydroxylation is 1. The Hall–Kier alpha value is -1.90. The first kappa shape index (κ1) is 12.6. The van der Waals surface area contributed by atoms with Gasteiger partial charge in [0, 0.05) is 38.1 Å². The van der Waals surface area contributed by atoms with Crippen molar-refractivity contribution in [1.82, 2.24) is 10.3 Å². The van der Waals surface area contributed by atoms with E-state index in [-0.39, 0.29) is 1.43 Å². The molecule has 18 heavy (non-hydrogen) atoms. The van der Waals surface area contributed by atoms with Crippen molar-refractivity contribution in [3.8, 4) is 0 Å². The molecule has 96 valence electrons. The maximum atomic E-state index is 4.45. The van der Waals surface area contributed by atoms with Crippen LogP contribution in [0.4, 0.5) is 0 Å². The van der Waals surface area contributed by atoms with E-state index in [1.54, 1.807) is 0 Å². The lowest BCUT2D eigenvalue weighted by Gasteiger charge is -2.05. The van der Waals surface area contributed by atoms with Gasteiger partial charge in [-0.05, 0) is 38.0 Å². The van der Waals surface area contributed by atoms with Crippen molar-refractivity contribution < 1.29 is 1.43 Å². The SMILES string of the molecule is C/C=C1/C(Cc2ccc(C)nc2)=CNC1=NCC.[HH].